The van der Waals surface area contributed by atoms with Crippen LogP contribution in [0.3, 0.4) is 0 Å². The Morgan fingerprint density at radius 2 is 1.58 bits per heavy atom. The number of aryl methyl sites for hydroxylation is 2. The van der Waals surface area contributed by atoms with Gasteiger partial charge in [0.05, 0.1) is 5.69 Å². The summed E-state index contributed by atoms with van der Waals surface area (Å²) >= 11 is 6.14. The lowest BCUT2D eigenvalue weighted by Crippen LogP contribution is -1.89. The van der Waals surface area contributed by atoms with Crippen LogP contribution < -0.4 is 0 Å². The average Bonchev–Trinajstić information content (AvgIpc) is 2.36. The van der Waals surface area contributed by atoms with Crippen molar-refractivity contribution in [3.63, 3.8) is 0 Å². The Bertz CT molecular complexity index is 742. The van der Waals surface area contributed by atoms with E-state index in [-0.39, 0.29) is 0 Å². The number of halogens is 1. The third-order valence-corrected chi connectivity index (χ3v) is 3.40. The zero-order valence-corrected chi connectivity index (χ0v) is 11.7. The zero-order chi connectivity index (χ0) is 13.4. The fourth-order valence-corrected chi connectivity index (χ4v) is 2.70. The molecule has 0 spiro atoms. The molecule has 1 heterocycles. The Balaban J connectivity index is 2.35. The lowest BCUT2D eigenvalue weighted by atomic mass is 10.0. The third kappa shape index (κ3) is 2.34. The highest BCUT2D eigenvalue weighted by atomic mass is 35.5. The molecule has 2 aromatic carbocycles. The van der Waals surface area contributed by atoms with Gasteiger partial charge in [-0.05, 0) is 37.4 Å². The molecule has 94 valence electrons. The number of hydrogen-bond donors (Lipinski definition) is 0. The molecule has 0 aliphatic carbocycles. The summed E-state index contributed by atoms with van der Waals surface area (Å²) in [5.74, 6) is 0. The van der Waals surface area contributed by atoms with Crippen molar-refractivity contribution in [3.05, 3.63) is 64.8 Å². The van der Waals surface area contributed by atoms with Gasteiger partial charge in [-0.15, -0.1) is 0 Å². The molecule has 0 radical (unpaired) electrons. The van der Waals surface area contributed by atoms with Gasteiger partial charge in [0.2, 0.25) is 0 Å². The van der Waals surface area contributed by atoms with E-state index in [9.17, 15) is 0 Å². The number of aromatic nitrogens is 1. The normalized spacial score (nSPS) is 10.9. The number of nitrogens with zero attached hydrogens (tertiary/aromatic N) is 1. The van der Waals surface area contributed by atoms with E-state index < -0.39 is 0 Å². The highest BCUT2D eigenvalue weighted by Gasteiger charge is 2.08. The summed E-state index contributed by atoms with van der Waals surface area (Å²) in [6, 6.07) is 16.6. The smallest absolute Gasteiger partial charge is 0.130 e. The van der Waals surface area contributed by atoms with Crippen molar-refractivity contribution in [2.24, 2.45) is 0 Å². The highest BCUT2D eigenvalue weighted by molar-refractivity contribution is 6.30. The van der Waals surface area contributed by atoms with Crippen LogP contribution >= 0.6 is 11.6 Å². The number of benzene rings is 2. The van der Waals surface area contributed by atoms with Gasteiger partial charge in [0.15, 0.2) is 0 Å². The summed E-state index contributed by atoms with van der Waals surface area (Å²) in [6.45, 7) is 4.20. The van der Waals surface area contributed by atoms with Crippen molar-refractivity contribution in [2.45, 2.75) is 13.8 Å². The average molecular weight is 268 g/mol. The van der Waals surface area contributed by atoms with E-state index in [1.807, 2.05) is 18.2 Å². The second-order valence-electron chi connectivity index (χ2n) is 4.89. The molecule has 1 nitrogen and oxygen atoms in total. The van der Waals surface area contributed by atoms with Crippen LogP contribution in [-0.4, -0.2) is 4.98 Å². The van der Waals surface area contributed by atoms with Gasteiger partial charge in [-0.25, -0.2) is 4.98 Å². The molecule has 0 bridgehead atoms. The van der Waals surface area contributed by atoms with Crippen molar-refractivity contribution in [1.82, 2.24) is 4.98 Å². The molecule has 3 rings (SSSR count). The molecule has 0 N–H and O–H groups in total. The molecule has 0 atom stereocenters. The van der Waals surface area contributed by atoms with Gasteiger partial charge in [-0.3, -0.25) is 0 Å². The van der Waals surface area contributed by atoms with Crippen molar-refractivity contribution >= 4 is 22.4 Å². The molecule has 0 fully saturated rings. The Morgan fingerprint density at radius 3 is 2.32 bits per heavy atom. The van der Waals surface area contributed by atoms with E-state index in [1.165, 1.54) is 11.1 Å². The summed E-state index contributed by atoms with van der Waals surface area (Å²) in [7, 11) is 0. The third-order valence-electron chi connectivity index (χ3n) is 3.20. The van der Waals surface area contributed by atoms with Crippen LogP contribution in [0.2, 0.25) is 5.15 Å². The van der Waals surface area contributed by atoms with Crippen molar-refractivity contribution in [2.75, 3.05) is 0 Å². The number of rotatable bonds is 1. The SMILES string of the molecule is Cc1cc(C)cc(-c2nc(Cl)cc3ccccc23)c1. The van der Waals surface area contributed by atoms with E-state index >= 15 is 0 Å². The molecule has 0 aliphatic heterocycles. The molecule has 2 heteroatoms. The minimum atomic E-state index is 0.535. The Hall–Kier alpha value is -1.86. The van der Waals surface area contributed by atoms with E-state index in [0.29, 0.717) is 5.15 Å². The van der Waals surface area contributed by atoms with Crippen LogP contribution in [0.25, 0.3) is 22.0 Å². The fourth-order valence-electron chi connectivity index (χ4n) is 2.50. The Labute approximate surface area is 117 Å². The first-order chi connectivity index (χ1) is 9.13. The predicted octanol–water partition coefficient (Wildman–Crippen LogP) is 5.17. The monoisotopic (exact) mass is 267 g/mol. The Morgan fingerprint density at radius 1 is 0.895 bits per heavy atom. The fraction of sp³-hybridized carbons (Fsp3) is 0.118. The second kappa shape index (κ2) is 4.67. The predicted molar refractivity (Wildman–Crippen MR) is 81.7 cm³/mol. The molecule has 0 aliphatic rings. The summed E-state index contributed by atoms with van der Waals surface area (Å²) in [4.78, 5) is 4.52. The number of hydrogen-bond acceptors (Lipinski definition) is 1. The van der Waals surface area contributed by atoms with Gasteiger partial charge in [-0.1, -0.05) is 53.1 Å². The van der Waals surface area contributed by atoms with E-state index in [1.54, 1.807) is 0 Å². The van der Waals surface area contributed by atoms with Crippen molar-refractivity contribution < 1.29 is 0 Å². The summed E-state index contributed by atoms with van der Waals surface area (Å²) in [5.41, 5.74) is 4.55. The minimum absolute atomic E-state index is 0.535. The highest BCUT2D eigenvalue weighted by Crippen LogP contribution is 2.30. The van der Waals surface area contributed by atoms with Crippen molar-refractivity contribution in [3.8, 4) is 11.3 Å². The number of fused-ring (bicyclic) bond motifs is 1. The standard InChI is InChI=1S/C17H14ClN/c1-11-7-12(2)9-14(8-11)17-15-6-4-3-5-13(15)10-16(18)19-17/h3-10H,1-2H3. The van der Waals surface area contributed by atoms with E-state index in [2.05, 4.69) is 49.2 Å². The zero-order valence-electron chi connectivity index (χ0n) is 10.9. The van der Waals surface area contributed by atoms with E-state index in [4.69, 9.17) is 11.6 Å². The van der Waals surface area contributed by atoms with Gasteiger partial charge >= 0.3 is 0 Å². The molecule has 1 aromatic heterocycles. The van der Waals surface area contributed by atoms with Crippen LogP contribution in [0.5, 0.6) is 0 Å². The van der Waals surface area contributed by atoms with Crippen LogP contribution in [0.1, 0.15) is 11.1 Å². The maximum absolute atomic E-state index is 6.14. The maximum atomic E-state index is 6.14. The van der Waals surface area contributed by atoms with Crippen LogP contribution in [0, 0.1) is 13.8 Å². The van der Waals surface area contributed by atoms with Gasteiger partial charge in [-0.2, -0.15) is 0 Å². The first-order valence-corrected chi connectivity index (χ1v) is 6.65. The molecule has 0 saturated carbocycles. The first kappa shape index (κ1) is 12.2. The second-order valence-corrected chi connectivity index (χ2v) is 5.28. The maximum Gasteiger partial charge on any atom is 0.130 e. The number of pyridine rings is 1. The lowest BCUT2D eigenvalue weighted by molar-refractivity contribution is 1.32. The largest absolute Gasteiger partial charge is 0.235 e. The molecule has 3 aromatic rings. The summed E-state index contributed by atoms with van der Waals surface area (Å²) in [5, 5.41) is 2.79. The molecule has 0 saturated heterocycles. The van der Waals surface area contributed by atoms with Crippen LogP contribution in [-0.2, 0) is 0 Å². The van der Waals surface area contributed by atoms with Gasteiger partial charge in [0.25, 0.3) is 0 Å². The topological polar surface area (TPSA) is 12.9 Å². The molecular weight excluding hydrogens is 254 g/mol. The summed E-state index contributed by atoms with van der Waals surface area (Å²) in [6.07, 6.45) is 0. The molecule has 19 heavy (non-hydrogen) atoms. The van der Waals surface area contributed by atoms with Crippen LogP contribution in [0.4, 0.5) is 0 Å². The van der Waals surface area contributed by atoms with Gasteiger partial charge in [0.1, 0.15) is 5.15 Å². The molecule has 0 unspecified atom stereocenters. The van der Waals surface area contributed by atoms with E-state index in [0.717, 1.165) is 22.0 Å². The molecular formula is C17H14ClN. The lowest BCUT2D eigenvalue weighted by Gasteiger charge is -2.09. The first-order valence-electron chi connectivity index (χ1n) is 6.27. The van der Waals surface area contributed by atoms with Gasteiger partial charge < -0.3 is 0 Å². The quantitative estimate of drug-likeness (QED) is 0.554. The minimum Gasteiger partial charge on any atom is -0.235 e. The van der Waals surface area contributed by atoms with Crippen molar-refractivity contribution in [1.29, 1.82) is 0 Å². The summed E-state index contributed by atoms with van der Waals surface area (Å²) < 4.78 is 0. The Kier molecular flexibility index (Phi) is 3.00. The molecule has 0 amide bonds. The van der Waals surface area contributed by atoms with Gasteiger partial charge in [0, 0.05) is 10.9 Å². The van der Waals surface area contributed by atoms with Crippen LogP contribution in [0.15, 0.2) is 48.5 Å².